The van der Waals surface area contributed by atoms with Crippen molar-refractivity contribution in [2.75, 3.05) is 12.4 Å². The van der Waals surface area contributed by atoms with Crippen molar-refractivity contribution in [2.45, 2.75) is 17.4 Å². The summed E-state index contributed by atoms with van der Waals surface area (Å²) < 4.78 is 7.52. The lowest BCUT2D eigenvalue weighted by atomic mass is 10.1. The van der Waals surface area contributed by atoms with E-state index in [1.165, 1.54) is 18.7 Å². The Kier molecular flexibility index (Phi) is 5.96. The first kappa shape index (κ1) is 18.2. The summed E-state index contributed by atoms with van der Waals surface area (Å²) in [6, 6.07) is 12.6. The molecular formula is C18H16ClNO3S2. The number of ketones is 1. The number of Topliss-reactive ketones (excluding diaryl/α,β-unsaturated/α-hetero) is 1. The van der Waals surface area contributed by atoms with Crippen LogP contribution in [0.15, 0.2) is 46.8 Å². The first-order chi connectivity index (χ1) is 12.0. The summed E-state index contributed by atoms with van der Waals surface area (Å²) in [5.74, 6) is 1.03. The summed E-state index contributed by atoms with van der Waals surface area (Å²) in [6.45, 7) is 1.67. The van der Waals surface area contributed by atoms with Crippen molar-refractivity contribution >= 4 is 50.7 Å². The average Bonchev–Trinajstić information content (AvgIpc) is 3.00. The summed E-state index contributed by atoms with van der Waals surface area (Å²) in [7, 11) is 0. The molecule has 1 heterocycles. The quantitative estimate of drug-likeness (QED) is 0.466. The molecule has 0 aliphatic rings. The van der Waals surface area contributed by atoms with E-state index in [0.29, 0.717) is 22.1 Å². The second-order valence-corrected chi connectivity index (χ2v) is 8.19. The van der Waals surface area contributed by atoms with Crippen LogP contribution in [0.1, 0.15) is 17.3 Å². The van der Waals surface area contributed by atoms with Gasteiger partial charge in [-0.15, -0.1) is 11.3 Å². The van der Waals surface area contributed by atoms with Crippen molar-refractivity contribution in [2.24, 2.45) is 0 Å². The van der Waals surface area contributed by atoms with Crippen molar-refractivity contribution in [3.63, 3.8) is 0 Å². The molecule has 1 atom stereocenters. The maximum Gasteiger partial charge on any atom is 0.159 e. The maximum atomic E-state index is 11.4. The summed E-state index contributed by atoms with van der Waals surface area (Å²) in [4.78, 5) is 15.9. The number of benzene rings is 2. The zero-order valence-corrected chi connectivity index (χ0v) is 15.8. The number of thioether (sulfide) groups is 1. The monoisotopic (exact) mass is 393 g/mol. The van der Waals surface area contributed by atoms with Gasteiger partial charge in [-0.05, 0) is 37.3 Å². The number of aromatic nitrogens is 1. The maximum absolute atomic E-state index is 11.4. The van der Waals surface area contributed by atoms with Crippen LogP contribution in [0.3, 0.4) is 0 Å². The minimum Gasteiger partial charge on any atom is -0.491 e. The van der Waals surface area contributed by atoms with Gasteiger partial charge in [-0.2, -0.15) is 0 Å². The zero-order chi connectivity index (χ0) is 17.8. The number of rotatable bonds is 7. The highest BCUT2D eigenvalue weighted by molar-refractivity contribution is 8.01. The van der Waals surface area contributed by atoms with E-state index >= 15 is 0 Å². The molecule has 0 aliphatic heterocycles. The smallest absolute Gasteiger partial charge is 0.159 e. The number of aliphatic hydroxyl groups is 1. The van der Waals surface area contributed by atoms with Crippen molar-refractivity contribution < 1.29 is 14.6 Å². The fourth-order valence-corrected chi connectivity index (χ4v) is 4.30. The number of ether oxygens (including phenoxy) is 1. The molecule has 0 spiro atoms. The molecule has 2 aromatic carbocycles. The number of fused-ring (bicyclic) bond motifs is 1. The Morgan fingerprint density at radius 3 is 3.00 bits per heavy atom. The first-order valence-electron chi connectivity index (χ1n) is 7.62. The van der Waals surface area contributed by atoms with Crippen molar-refractivity contribution in [3.05, 3.63) is 53.1 Å². The van der Waals surface area contributed by atoms with E-state index in [1.807, 2.05) is 18.2 Å². The minimum absolute atomic E-state index is 0.0162. The molecule has 0 fully saturated rings. The normalized spacial score (nSPS) is 12.3. The van der Waals surface area contributed by atoms with E-state index in [2.05, 4.69) is 4.98 Å². The molecule has 0 amide bonds. The third-order valence-electron chi connectivity index (χ3n) is 3.41. The second-order valence-electron chi connectivity index (χ2n) is 5.45. The van der Waals surface area contributed by atoms with Gasteiger partial charge >= 0.3 is 0 Å². The molecule has 3 aromatic rings. The number of nitrogens with zero attached hydrogens (tertiary/aromatic N) is 1. The van der Waals surface area contributed by atoms with Gasteiger partial charge < -0.3 is 9.84 Å². The fraction of sp³-hybridized carbons (Fsp3) is 0.222. The van der Waals surface area contributed by atoms with Gasteiger partial charge in [0.2, 0.25) is 0 Å². The Bertz CT molecular complexity index is 897. The molecule has 0 aliphatic carbocycles. The number of carbonyl (C=O) groups is 1. The lowest BCUT2D eigenvalue weighted by molar-refractivity contribution is 0.101. The predicted molar refractivity (Wildman–Crippen MR) is 103 cm³/mol. The van der Waals surface area contributed by atoms with Gasteiger partial charge in [-0.1, -0.05) is 35.5 Å². The molecular weight excluding hydrogens is 378 g/mol. The summed E-state index contributed by atoms with van der Waals surface area (Å²) in [6.07, 6.45) is -0.637. The largest absolute Gasteiger partial charge is 0.491 e. The van der Waals surface area contributed by atoms with E-state index in [-0.39, 0.29) is 12.4 Å². The van der Waals surface area contributed by atoms with Gasteiger partial charge in [0.05, 0.1) is 16.3 Å². The molecule has 7 heteroatoms. The molecule has 1 aromatic heterocycles. The van der Waals surface area contributed by atoms with Crippen molar-refractivity contribution in [3.8, 4) is 5.75 Å². The van der Waals surface area contributed by atoms with E-state index < -0.39 is 6.10 Å². The van der Waals surface area contributed by atoms with E-state index in [9.17, 15) is 9.90 Å². The van der Waals surface area contributed by atoms with Crippen LogP contribution in [0.5, 0.6) is 5.75 Å². The topological polar surface area (TPSA) is 59.4 Å². The van der Waals surface area contributed by atoms with Crippen LogP contribution >= 0.6 is 34.7 Å². The number of halogens is 1. The Morgan fingerprint density at radius 2 is 2.20 bits per heavy atom. The van der Waals surface area contributed by atoms with Gasteiger partial charge in [0.15, 0.2) is 10.1 Å². The lowest BCUT2D eigenvalue weighted by Crippen LogP contribution is -2.20. The molecule has 0 unspecified atom stereocenters. The molecule has 3 rings (SSSR count). The molecule has 0 radical (unpaired) electrons. The van der Waals surface area contributed by atoms with Gasteiger partial charge in [0, 0.05) is 16.3 Å². The molecule has 25 heavy (non-hydrogen) atoms. The molecule has 4 nitrogen and oxygen atoms in total. The zero-order valence-electron chi connectivity index (χ0n) is 13.4. The number of thiazole rings is 1. The molecule has 130 valence electrons. The third kappa shape index (κ3) is 4.95. The van der Waals surface area contributed by atoms with Gasteiger partial charge in [0.25, 0.3) is 0 Å². The second kappa shape index (κ2) is 8.19. The number of hydrogen-bond acceptors (Lipinski definition) is 6. The summed E-state index contributed by atoms with van der Waals surface area (Å²) in [5.41, 5.74) is 1.46. The standard InChI is InChI=1S/C18H16ClNO3S2/c1-11(21)12-3-2-4-15(7-12)23-9-14(22)10-24-18-20-16-8-13(19)5-6-17(16)25-18/h2-8,14,22H,9-10H2,1H3/t14-/m1/s1. The van der Waals surface area contributed by atoms with Gasteiger partial charge in [-0.25, -0.2) is 4.98 Å². The summed E-state index contributed by atoms with van der Waals surface area (Å²) in [5, 5.41) is 10.8. The number of carbonyl (C=O) groups excluding carboxylic acids is 1. The van der Waals surface area contributed by atoms with Crippen LogP contribution in [0.2, 0.25) is 5.02 Å². The van der Waals surface area contributed by atoms with Crippen LogP contribution in [-0.4, -0.2) is 34.3 Å². The Balaban J connectivity index is 1.52. The van der Waals surface area contributed by atoms with E-state index in [0.717, 1.165) is 14.6 Å². The SMILES string of the molecule is CC(=O)c1cccc(OC[C@@H](O)CSc2nc3cc(Cl)ccc3s2)c1. The lowest BCUT2D eigenvalue weighted by Gasteiger charge is -2.11. The van der Waals surface area contributed by atoms with Crippen LogP contribution in [0.4, 0.5) is 0 Å². The fourth-order valence-electron chi connectivity index (χ4n) is 2.15. The number of hydrogen-bond donors (Lipinski definition) is 1. The predicted octanol–water partition coefficient (Wildman–Crippen LogP) is 4.68. The van der Waals surface area contributed by atoms with E-state index in [4.69, 9.17) is 16.3 Å². The van der Waals surface area contributed by atoms with Crippen LogP contribution in [0.25, 0.3) is 10.2 Å². The summed E-state index contributed by atoms with van der Waals surface area (Å²) >= 11 is 9.02. The van der Waals surface area contributed by atoms with Crippen LogP contribution < -0.4 is 4.74 Å². The van der Waals surface area contributed by atoms with Crippen molar-refractivity contribution in [1.82, 2.24) is 4.98 Å². The van der Waals surface area contributed by atoms with Crippen molar-refractivity contribution in [1.29, 1.82) is 0 Å². The molecule has 0 saturated carbocycles. The minimum atomic E-state index is -0.637. The van der Waals surface area contributed by atoms with Gasteiger partial charge in [-0.3, -0.25) is 4.79 Å². The number of aliphatic hydroxyl groups excluding tert-OH is 1. The highest BCUT2D eigenvalue weighted by Crippen LogP contribution is 2.31. The molecule has 0 saturated heterocycles. The Labute approximate surface area is 158 Å². The molecule has 0 bridgehead atoms. The van der Waals surface area contributed by atoms with Crippen LogP contribution in [0, 0.1) is 0 Å². The Morgan fingerprint density at radius 1 is 1.36 bits per heavy atom. The van der Waals surface area contributed by atoms with E-state index in [1.54, 1.807) is 35.6 Å². The average molecular weight is 394 g/mol. The first-order valence-corrected chi connectivity index (χ1v) is 9.80. The highest BCUT2D eigenvalue weighted by Gasteiger charge is 2.10. The van der Waals surface area contributed by atoms with Gasteiger partial charge in [0.1, 0.15) is 12.4 Å². The Hall–Kier alpha value is -1.60. The van der Waals surface area contributed by atoms with Crippen LogP contribution in [-0.2, 0) is 0 Å². The third-order valence-corrected chi connectivity index (χ3v) is 5.97. The highest BCUT2D eigenvalue weighted by atomic mass is 35.5. The molecule has 1 N–H and O–H groups in total.